The van der Waals surface area contributed by atoms with Gasteiger partial charge in [-0.1, -0.05) is 0 Å². The summed E-state index contributed by atoms with van der Waals surface area (Å²) in [5.74, 6) is -0.904. The predicted octanol–water partition coefficient (Wildman–Crippen LogP) is 1.74. The lowest BCUT2D eigenvalue weighted by atomic mass is 10.2. The van der Waals surface area contributed by atoms with Crippen LogP contribution in [0.5, 0.6) is 0 Å². The van der Waals surface area contributed by atoms with Crippen molar-refractivity contribution < 1.29 is 26.4 Å². The van der Waals surface area contributed by atoms with Crippen molar-refractivity contribution in [2.75, 3.05) is 10.8 Å². The molecule has 1 rings (SSSR count). The number of nitrogens with two attached hydrogens (primary N) is 1. The molecule has 118 valence electrons. The molecular weight excluding hydrogens is 309 g/mol. The zero-order chi connectivity index (χ0) is 16.4. The number of carbonyl (C=O) groups is 1. The van der Waals surface area contributed by atoms with Gasteiger partial charge in [0.1, 0.15) is 6.54 Å². The molecule has 0 radical (unpaired) electrons. The third-order valence-electron chi connectivity index (χ3n) is 2.68. The van der Waals surface area contributed by atoms with Crippen molar-refractivity contribution in [3.8, 4) is 0 Å². The van der Waals surface area contributed by atoms with E-state index in [4.69, 9.17) is 5.73 Å². The Morgan fingerprint density at radius 1 is 1.24 bits per heavy atom. The van der Waals surface area contributed by atoms with Gasteiger partial charge in [-0.2, -0.15) is 13.2 Å². The van der Waals surface area contributed by atoms with Crippen LogP contribution in [-0.2, 0) is 21.0 Å². The predicted molar refractivity (Wildman–Crippen MR) is 72.0 cm³/mol. The van der Waals surface area contributed by atoms with E-state index in [0.29, 0.717) is 4.31 Å². The molecular formula is C12H15F3N2O3S. The van der Waals surface area contributed by atoms with E-state index in [2.05, 4.69) is 0 Å². The molecule has 2 N–H and O–H groups in total. The summed E-state index contributed by atoms with van der Waals surface area (Å²) >= 11 is 0. The fourth-order valence-corrected chi connectivity index (χ4v) is 2.77. The highest BCUT2D eigenvalue weighted by molar-refractivity contribution is 7.93. The average Bonchev–Trinajstić information content (AvgIpc) is 2.34. The smallest absolute Gasteiger partial charge is 0.368 e. The van der Waals surface area contributed by atoms with Crippen LogP contribution in [0.3, 0.4) is 0 Å². The lowest BCUT2D eigenvalue weighted by molar-refractivity contribution is -0.137. The van der Waals surface area contributed by atoms with Gasteiger partial charge >= 0.3 is 6.18 Å². The molecule has 1 amide bonds. The Morgan fingerprint density at radius 3 is 2.05 bits per heavy atom. The quantitative estimate of drug-likeness (QED) is 0.896. The van der Waals surface area contributed by atoms with Crippen molar-refractivity contribution >= 4 is 21.6 Å². The Balaban J connectivity index is 3.25. The minimum Gasteiger partial charge on any atom is -0.368 e. The van der Waals surface area contributed by atoms with Crippen LogP contribution < -0.4 is 10.0 Å². The zero-order valence-corrected chi connectivity index (χ0v) is 12.2. The standard InChI is InChI=1S/C12H15F3N2O3S/c1-8(2)21(19,20)17(7-11(16)18)10-5-3-9(4-6-10)12(13,14)15/h3-6,8H,7H2,1-2H3,(H2,16,18). The first-order valence-corrected chi connectivity index (χ1v) is 7.43. The second kappa shape index (κ2) is 5.92. The van der Waals surface area contributed by atoms with Gasteiger partial charge in [-0.3, -0.25) is 9.10 Å². The second-order valence-electron chi connectivity index (χ2n) is 4.61. The van der Waals surface area contributed by atoms with E-state index in [0.717, 1.165) is 24.3 Å². The molecule has 0 fully saturated rings. The number of benzene rings is 1. The lowest BCUT2D eigenvalue weighted by Crippen LogP contribution is -2.42. The van der Waals surface area contributed by atoms with Gasteiger partial charge in [0.25, 0.3) is 0 Å². The first-order valence-electron chi connectivity index (χ1n) is 5.93. The molecule has 1 aromatic carbocycles. The van der Waals surface area contributed by atoms with Crippen LogP contribution in [-0.4, -0.2) is 26.1 Å². The van der Waals surface area contributed by atoms with Crippen molar-refractivity contribution in [1.82, 2.24) is 0 Å². The highest BCUT2D eigenvalue weighted by Gasteiger charge is 2.32. The topological polar surface area (TPSA) is 80.5 Å². The molecule has 1 aromatic rings. The number of hydrogen-bond donors (Lipinski definition) is 1. The van der Waals surface area contributed by atoms with Gasteiger partial charge in [0.05, 0.1) is 16.5 Å². The summed E-state index contributed by atoms with van der Waals surface area (Å²) in [5, 5.41) is -0.848. The summed E-state index contributed by atoms with van der Waals surface area (Å²) in [4.78, 5) is 11.0. The normalized spacial score (nSPS) is 12.5. The molecule has 0 aromatic heterocycles. The van der Waals surface area contributed by atoms with Gasteiger partial charge in [-0.05, 0) is 38.1 Å². The third kappa shape index (κ3) is 4.10. The van der Waals surface area contributed by atoms with Crippen molar-refractivity contribution in [3.05, 3.63) is 29.8 Å². The molecule has 0 unspecified atom stereocenters. The van der Waals surface area contributed by atoms with Gasteiger partial charge in [-0.15, -0.1) is 0 Å². The summed E-state index contributed by atoms with van der Waals surface area (Å²) in [6.07, 6.45) is -4.52. The summed E-state index contributed by atoms with van der Waals surface area (Å²) in [5.41, 5.74) is 4.05. The third-order valence-corrected chi connectivity index (χ3v) is 4.83. The van der Waals surface area contributed by atoms with Crippen LogP contribution >= 0.6 is 0 Å². The highest BCUT2D eigenvalue weighted by atomic mass is 32.2. The maximum absolute atomic E-state index is 12.5. The van der Waals surface area contributed by atoms with Crippen molar-refractivity contribution in [2.45, 2.75) is 25.3 Å². The molecule has 0 heterocycles. The molecule has 0 aliphatic carbocycles. The summed E-state index contributed by atoms with van der Waals surface area (Å²) in [7, 11) is -3.88. The maximum Gasteiger partial charge on any atom is 0.416 e. The zero-order valence-electron chi connectivity index (χ0n) is 11.4. The highest BCUT2D eigenvalue weighted by Crippen LogP contribution is 2.31. The Morgan fingerprint density at radius 2 is 1.71 bits per heavy atom. The van der Waals surface area contributed by atoms with E-state index in [-0.39, 0.29) is 5.69 Å². The van der Waals surface area contributed by atoms with Gasteiger partial charge in [-0.25, -0.2) is 8.42 Å². The molecule has 0 bridgehead atoms. The van der Waals surface area contributed by atoms with E-state index in [1.54, 1.807) is 0 Å². The minimum atomic E-state index is -4.52. The first-order chi connectivity index (χ1) is 9.46. The van der Waals surface area contributed by atoms with Gasteiger partial charge < -0.3 is 5.73 Å². The monoisotopic (exact) mass is 324 g/mol. The Hall–Kier alpha value is -1.77. The molecule has 0 aliphatic rings. The number of rotatable bonds is 5. The number of primary amides is 1. The van der Waals surface area contributed by atoms with Gasteiger partial charge in [0.15, 0.2) is 0 Å². The van der Waals surface area contributed by atoms with Crippen LogP contribution in [0, 0.1) is 0 Å². The number of halogens is 3. The fraction of sp³-hybridized carbons (Fsp3) is 0.417. The van der Waals surface area contributed by atoms with Crippen LogP contribution in [0.25, 0.3) is 0 Å². The Labute approximate surface area is 120 Å². The minimum absolute atomic E-state index is 0.0458. The van der Waals surface area contributed by atoms with Crippen LogP contribution in [0.15, 0.2) is 24.3 Å². The number of alkyl halides is 3. The molecule has 5 nitrogen and oxygen atoms in total. The Bertz CT molecular complexity index is 610. The van der Waals surface area contributed by atoms with Crippen molar-refractivity contribution in [1.29, 1.82) is 0 Å². The number of carbonyl (C=O) groups excluding carboxylic acids is 1. The van der Waals surface area contributed by atoms with Crippen LogP contribution in [0.2, 0.25) is 0 Å². The molecule has 0 aliphatic heterocycles. The van der Waals surface area contributed by atoms with E-state index in [1.807, 2.05) is 0 Å². The number of anilines is 1. The van der Waals surface area contributed by atoms with Gasteiger partial charge in [0.2, 0.25) is 15.9 Å². The number of sulfonamides is 1. The molecule has 0 saturated heterocycles. The van der Waals surface area contributed by atoms with E-state index < -0.39 is 39.5 Å². The van der Waals surface area contributed by atoms with Crippen LogP contribution in [0.1, 0.15) is 19.4 Å². The molecule has 21 heavy (non-hydrogen) atoms. The number of amides is 1. The number of hydrogen-bond acceptors (Lipinski definition) is 3. The van der Waals surface area contributed by atoms with E-state index in [9.17, 15) is 26.4 Å². The largest absolute Gasteiger partial charge is 0.416 e. The fourth-order valence-electron chi connectivity index (χ4n) is 1.54. The molecule has 0 saturated carbocycles. The van der Waals surface area contributed by atoms with Crippen molar-refractivity contribution in [3.63, 3.8) is 0 Å². The molecule has 0 spiro atoms. The SMILES string of the molecule is CC(C)S(=O)(=O)N(CC(N)=O)c1ccc(C(F)(F)F)cc1. The number of nitrogens with zero attached hydrogens (tertiary/aromatic N) is 1. The lowest BCUT2D eigenvalue weighted by Gasteiger charge is -2.25. The summed E-state index contributed by atoms with van der Waals surface area (Å²) in [6.45, 7) is 2.16. The average molecular weight is 324 g/mol. The van der Waals surface area contributed by atoms with Gasteiger partial charge in [0, 0.05) is 0 Å². The summed E-state index contributed by atoms with van der Waals surface area (Å²) < 4.78 is 62.5. The van der Waals surface area contributed by atoms with Crippen molar-refractivity contribution in [2.24, 2.45) is 5.73 Å². The summed E-state index contributed by atoms with van der Waals surface area (Å²) in [6, 6.07) is 3.48. The molecule has 0 atom stereocenters. The Kier molecular flexibility index (Phi) is 4.87. The maximum atomic E-state index is 12.5. The first kappa shape index (κ1) is 17.3. The van der Waals surface area contributed by atoms with Crippen LogP contribution in [0.4, 0.5) is 18.9 Å². The second-order valence-corrected chi connectivity index (χ2v) is 7.02. The van der Waals surface area contributed by atoms with E-state index >= 15 is 0 Å². The molecule has 9 heteroatoms. The van der Waals surface area contributed by atoms with E-state index in [1.165, 1.54) is 13.8 Å².